The number of rotatable bonds is 8. The van der Waals surface area contributed by atoms with Gasteiger partial charge in [-0.3, -0.25) is 14.2 Å². The molecule has 0 spiro atoms. The molecule has 3 rings (SSSR count). The van der Waals surface area contributed by atoms with E-state index in [-0.39, 0.29) is 17.2 Å². The molecule has 0 aliphatic heterocycles. The molecule has 0 atom stereocenters. The van der Waals surface area contributed by atoms with Gasteiger partial charge in [-0.1, -0.05) is 55.4 Å². The van der Waals surface area contributed by atoms with E-state index in [1.165, 1.54) is 23.1 Å². The fraction of sp³-hybridized carbons (Fsp3) is 0.381. The molecule has 0 radical (unpaired) electrons. The van der Waals surface area contributed by atoms with Gasteiger partial charge in [0, 0.05) is 11.4 Å². The number of amides is 1. The fourth-order valence-electron chi connectivity index (χ4n) is 2.91. The number of hydrogen-bond donors (Lipinski definition) is 1. The van der Waals surface area contributed by atoms with Crippen molar-refractivity contribution in [3.63, 3.8) is 0 Å². The number of carbonyl (C=O) groups is 1. The van der Waals surface area contributed by atoms with Gasteiger partial charge in [-0.15, -0.1) is 11.3 Å². The lowest BCUT2D eigenvalue weighted by Gasteiger charge is -2.12. The lowest BCUT2D eigenvalue weighted by molar-refractivity contribution is -0.118. The zero-order valence-corrected chi connectivity index (χ0v) is 18.1. The minimum Gasteiger partial charge on any atom is -0.355 e. The normalized spacial score (nSPS) is 11.1. The zero-order chi connectivity index (χ0) is 20.1. The van der Waals surface area contributed by atoms with Crippen LogP contribution in [-0.2, 0) is 11.3 Å². The first-order chi connectivity index (χ1) is 13.5. The molecule has 2 heterocycles. The van der Waals surface area contributed by atoms with E-state index in [0.29, 0.717) is 23.6 Å². The van der Waals surface area contributed by atoms with E-state index in [2.05, 4.69) is 12.2 Å². The van der Waals surface area contributed by atoms with Crippen LogP contribution >= 0.6 is 23.1 Å². The molecule has 0 bridgehead atoms. The molecular weight excluding hydrogens is 390 g/mol. The number of aryl methyl sites for hydroxylation is 2. The van der Waals surface area contributed by atoms with Crippen LogP contribution in [0.4, 0.5) is 0 Å². The first kappa shape index (κ1) is 20.6. The number of thioether (sulfide) groups is 1. The van der Waals surface area contributed by atoms with E-state index in [4.69, 9.17) is 4.98 Å². The Labute approximate surface area is 173 Å². The van der Waals surface area contributed by atoms with Crippen molar-refractivity contribution in [2.24, 2.45) is 0 Å². The van der Waals surface area contributed by atoms with Gasteiger partial charge in [0.15, 0.2) is 5.16 Å². The Kier molecular flexibility index (Phi) is 6.91. The van der Waals surface area contributed by atoms with E-state index in [1.54, 1.807) is 4.57 Å². The Morgan fingerprint density at radius 3 is 2.71 bits per heavy atom. The highest BCUT2D eigenvalue weighted by molar-refractivity contribution is 7.99. The molecule has 2 aromatic heterocycles. The summed E-state index contributed by atoms with van der Waals surface area (Å²) in [6, 6.07) is 9.86. The number of nitrogens with one attached hydrogen (secondary N) is 1. The lowest BCUT2D eigenvalue weighted by Crippen LogP contribution is -2.27. The summed E-state index contributed by atoms with van der Waals surface area (Å²) >= 11 is 2.86. The third-order valence-corrected chi connectivity index (χ3v) is 6.70. The summed E-state index contributed by atoms with van der Waals surface area (Å²) in [7, 11) is 0. The summed E-state index contributed by atoms with van der Waals surface area (Å²) in [5, 5.41) is 4.20. The molecule has 0 saturated heterocycles. The predicted molar refractivity (Wildman–Crippen MR) is 118 cm³/mol. The molecule has 1 N–H and O–H groups in total. The molecule has 28 heavy (non-hydrogen) atoms. The first-order valence-electron chi connectivity index (χ1n) is 9.45. The van der Waals surface area contributed by atoms with Crippen molar-refractivity contribution in [1.29, 1.82) is 0 Å². The summed E-state index contributed by atoms with van der Waals surface area (Å²) in [4.78, 5) is 32.0. The molecule has 1 amide bonds. The minimum atomic E-state index is -0.0374. The zero-order valence-electron chi connectivity index (χ0n) is 16.4. The molecule has 0 saturated carbocycles. The second-order valence-corrected chi connectivity index (χ2v) is 8.87. The summed E-state index contributed by atoms with van der Waals surface area (Å²) < 4.78 is 1.70. The number of benzene rings is 1. The number of nitrogens with zero attached hydrogens (tertiary/aromatic N) is 2. The second kappa shape index (κ2) is 9.39. The van der Waals surface area contributed by atoms with Crippen molar-refractivity contribution >= 4 is 39.2 Å². The van der Waals surface area contributed by atoms with E-state index in [1.807, 2.05) is 44.2 Å². The number of thiophene rings is 1. The van der Waals surface area contributed by atoms with Gasteiger partial charge in [0.1, 0.15) is 4.83 Å². The summed E-state index contributed by atoms with van der Waals surface area (Å²) in [6.45, 7) is 7.20. The van der Waals surface area contributed by atoms with Gasteiger partial charge in [0.2, 0.25) is 5.91 Å². The Hall–Kier alpha value is -2.12. The summed E-state index contributed by atoms with van der Waals surface area (Å²) in [6.07, 6.45) is 2.01. The molecule has 0 aliphatic carbocycles. The molecule has 7 heteroatoms. The van der Waals surface area contributed by atoms with Gasteiger partial charge in [0.25, 0.3) is 5.56 Å². The largest absolute Gasteiger partial charge is 0.355 e. The third-order valence-electron chi connectivity index (χ3n) is 4.62. The maximum absolute atomic E-state index is 13.3. The van der Waals surface area contributed by atoms with Crippen LogP contribution in [0.15, 0.2) is 40.3 Å². The Balaban J connectivity index is 1.93. The SMILES string of the molecule is CCCCNC(=O)CSc1nc2sc(C)c(C)c2c(=O)n1Cc1ccccc1. The number of unbranched alkanes of at least 4 members (excludes halogenated alkanes) is 1. The van der Waals surface area contributed by atoms with Gasteiger partial charge >= 0.3 is 0 Å². The highest BCUT2D eigenvalue weighted by atomic mass is 32.2. The van der Waals surface area contributed by atoms with Crippen molar-refractivity contribution in [3.8, 4) is 0 Å². The number of aromatic nitrogens is 2. The van der Waals surface area contributed by atoms with Crippen LogP contribution in [0.25, 0.3) is 10.2 Å². The van der Waals surface area contributed by atoms with Gasteiger partial charge in [0.05, 0.1) is 17.7 Å². The Morgan fingerprint density at radius 2 is 2.00 bits per heavy atom. The molecule has 0 aliphatic rings. The fourth-order valence-corrected chi connectivity index (χ4v) is 4.81. The van der Waals surface area contributed by atoms with Crippen LogP contribution in [0.5, 0.6) is 0 Å². The van der Waals surface area contributed by atoms with Gasteiger partial charge < -0.3 is 5.32 Å². The molecule has 1 aromatic carbocycles. The highest BCUT2D eigenvalue weighted by Gasteiger charge is 2.18. The van der Waals surface area contributed by atoms with Gasteiger partial charge in [-0.25, -0.2) is 4.98 Å². The van der Waals surface area contributed by atoms with Crippen molar-refractivity contribution in [3.05, 3.63) is 56.7 Å². The molecule has 148 valence electrons. The summed E-state index contributed by atoms with van der Waals surface area (Å²) in [5.41, 5.74) is 1.99. The van der Waals surface area contributed by atoms with Crippen molar-refractivity contribution in [2.45, 2.75) is 45.3 Å². The Morgan fingerprint density at radius 1 is 1.25 bits per heavy atom. The maximum atomic E-state index is 13.3. The van der Waals surface area contributed by atoms with Crippen LogP contribution in [0.2, 0.25) is 0 Å². The van der Waals surface area contributed by atoms with Crippen LogP contribution in [0.1, 0.15) is 35.8 Å². The van der Waals surface area contributed by atoms with Gasteiger partial charge in [-0.05, 0) is 31.4 Å². The van der Waals surface area contributed by atoms with E-state index in [9.17, 15) is 9.59 Å². The molecule has 0 unspecified atom stereocenters. The molecule has 0 fully saturated rings. The predicted octanol–water partition coefficient (Wildman–Crippen LogP) is 4.13. The number of carbonyl (C=O) groups excluding carboxylic acids is 1. The van der Waals surface area contributed by atoms with Crippen LogP contribution in [0, 0.1) is 13.8 Å². The van der Waals surface area contributed by atoms with Crippen molar-refractivity contribution in [2.75, 3.05) is 12.3 Å². The molecule has 3 aromatic rings. The molecule has 5 nitrogen and oxygen atoms in total. The number of hydrogen-bond acceptors (Lipinski definition) is 5. The van der Waals surface area contributed by atoms with E-state index in [0.717, 1.165) is 33.7 Å². The quantitative estimate of drug-likeness (QED) is 0.341. The standard InChI is InChI=1S/C21H25N3O2S2/c1-4-5-11-22-17(25)13-27-21-23-19-18(14(2)15(3)28-19)20(26)24(21)12-16-9-7-6-8-10-16/h6-10H,4-5,11-13H2,1-3H3,(H,22,25). The monoisotopic (exact) mass is 415 g/mol. The van der Waals surface area contributed by atoms with Crippen molar-refractivity contribution < 1.29 is 4.79 Å². The first-order valence-corrected chi connectivity index (χ1v) is 11.3. The van der Waals surface area contributed by atoms with E-state index >= 15 is 0 Å². The number of fused-ring (bicyclic) bond motifs is 1. The van der Waals surface area contributed by atoms with Gasteiger partial charge in [-0.2, -0.15) is 0 Å². The Bertz CT molecular complexity index is 1030. The van der Waals surface area contributed by atoms with Crippen LogP contribution < -0.4 is 10.9 Å². The van der Waals surface area contributed by atoms with Crippen LogP contribution in [0.3, 0.4) is 0 Å². The minimum absolute atomic E-state index is 0.0300. The average Bonchev–Trinajstić information content (AvgIpc) is 2.97. The smallest absolute Gasteiger partial charge is 0.263 e. The van der Waals surface area contributed by atoms with Crippen molar-refractivity contribution in [1.82, 2.24) is 14.9 Å². The topological polar surface area (TPSA) is 64.0 Å². The lowest BCUT2D eigenvalue weighted by atomic mass is 10.2. The molecular formula is C21H25N3O2S2. The van der Waals surface area contributed by atoms with E-state index < -0.39 is 0 Å². The van der Waals surface area contributed by atoms with Crippen LogP contribution in [-0.4, -0.2) is 27.8 Å². The average molecular weight is 416 g/mol. The third kappa shape index (κ3) is 4.64. The highest BCUT2D eigenvalue weighted by Crippen LogP contribution is 2.28. The maximum Gasteiger partial charge on any atom is 0.263 e. The second-order valence-electron chi connectivity index (χ2n) is 6.73. The summed E-state index contributed by atoms with van der Waals surface area (Å²) in [5.74, 6) is 0.220.